The molecule has 33 heavy (non-hydrogen) atoms. The van der Waals surface area contributed by atoms with E-state index in [-0.39, 0.29) is 11.3 Å². The predicted octanol–water partition coefficient (Wildman–Crippen LogP) is 2.85. The molecule has 0 fully saturated rings. The van der Waals surface area contributed by atoms with Crippen LogP contribution in [0.2, 0.25) is 0 Å². The molecule has 164 valence electrons. The first-order valence-corrected chi connectivity index (χ1v) is 10.3. The second-order valence-electron chi connectivity index (χ2n) is 7.40. The SMILES string of the molecule is Cc1cccc(/C=N/NC(=O)C(NC(=O)c2ccccc2)c2n[nH]c(=O)c3ccccc23)c1. The minimum Gasteiger partial charge on any atom is -0.335 e. The predicted molar refractivity (Wildman–Crippen MR) is 126 cm³/mol. The van der Waals surface area contributed by atoms with E-state index in [1.165, 1.54) is 6.21 Å². The number of amides is 2. The van der Waals surface area contributed by atoms with Gasteiger partial charge in [-0.15, -0.1) is 0 Å². The molecule has 1 aromatic heterocycles. The number of hydrazone groups is 1. The number of fused-ring (bicyclic) bond motifs is 1. The van der Waals surface area contributed by atoms with Crippen LogP contribution in [0.3, 0.4) is 0 Å². The van der Waals surface area contributed by atoms with Crippen LogP contribution in [0.5, 0.6) is 0 Å². The van der Waals surface area contributed by atoms with E-state index in [4.69, 9.17) is 0 Å². The normalized spacial score (nSPS) is 11.9. The third kappa shape index (κ3) is 5.01. The second kappa shape index (κ2) is 9.69. The summed E-state index contributed by atoms with van der Waals surface area (Å²) in [7, 11) is 0. The molecule has 0 saturated carbocycles. The highest BCUT2D eigenvalue weighted by molar-refractivity contribution is 5.99. The molecule has 0 aliphatic heterocycles. The molecule has 0 radical (unpaired) electrons. The molecule has 8 nitrogen and oxygen atoms in total. The Kier molecular flexibility index (Phi) is 6.36. The average molecular weight is 439 g/mol. The fourth-order valence-corrected chi connectivity index (χ4v) is 3.40. The maximum atomic E-state index is 13.1. The molecule has 0 aliphatic rings. The molecule has 0 aliphatic carbocycles. The van der Waals surface area contributed by atoms with Crippen molar-refractivity contribution in [3.05, 3.63) is 112 Å². The summed E-state index contributed by atoms with van der Waals surface area (Å²) in [6.07, 6.45) is 1.51. The van der Waals surface area contributed by atoms with Gasteiger partial charge in [0.15, 0.2) is 6.04 Å². The molecule has 4 aromatic rings. The molecule has 8 heteroatoms. The van der Waals surface area contributed by atoms with Crippen LogP contribution in [0.4, 0.5) is 0 Å². The summed E-state index contributed by atoms with van der Waals surface area (Å²) >= 11 is 0. The quantitative estimate of drug-likeness (QED) is 0.316. The average Bonchev–Trinajstić information content (AvgIpc) is 2.84. The molecule has 3 aromatic carbocycles. The number of aryl methyl sites for hydroxylation is 1. The van der Waals surface area contributed by atoms with Crippen LogP contribution in [0.25, 0.3) is 10.8 Å². The van der Waals surface area contributed by atoms with Gasteiger partial charge in [0, 0.05) is 10.9 Å². The summed E-state index contributed by atoms with van der Waals surface area (Å²) in [6.45, 7) is 1.96. The first kappa shape index (κ1) is 21.6. The van der Waals surface area contributed by atoms with Crippen molar-refractivity contribution in [2.45, 2.75) is 13.0 Å². The summed E-state index contributed by atoms with van der Waals surface area (Å²) in [6, 6.07) is 21.7. The zero-order valence-electron chi connectivity index (χ0n) is 17.8. The molecule has 3 N–H and O–H groups in total. The van der Waals surface area contributed by atoms with E-state index in [0.717, 1.165) is 11.1 Å². The number of carbonyl (C=O) groups is 2. The number of hydrogen-bond donors (Lipinski definition) is 3. The standard InChI is InChI=1S/C25H21N5O3/c1-16-8-7-9-17(14-16)15-26-29-25(33)22(27-23(31)18-10-3-2-4-11-18)21-19-12-5-6-13-20(19)24(32)30-28-21/h2-15,22H,1H3,(H,27,31)(H,29,33)(H,30,32)/b26-15+. The summed E-state index contributed by atoms with van der Waals surface area (Å²) in [5, 5.41) is 14.0. The molecule has 0 bridgehead atoms. The van der Waals surface area contributed by atoms with Crippen molar-refractivity contribution in [1.82, 2.24) is 20.9 Å². The van der Waals surface area contributed by atoms with Gasteiger partial charge in [-0.2, -0.15) is 10.2 Å². The number of H-pyrrole nitrogens is 1. The highest BCUT2D eigenvalue weighted by Crippen LogP contribution is 2.20. The van der Waals surface area contributed by atoms with Gasteiger partial charge in [0.2, 0.25) is 0 Å². The van der Waals surface area contributed by atoms with Gasteiger partial charge in [-0.3, -0.25) is 14.4 Å². The number of aromatic nitrogens is 2. The Bertz CT molecular complexity index is 1400. The summed E-state index contributed by atoms with van der Waals surface area (Å²) in [5.74, 6) is -1.07. The van der Waals surface area contributed by atoms with Crippen molar-refractivity contribution in [3.63, 3.8) is 0 Å². The van der Waals surface area contributed by atoms with Crippen molar-refractivity contribution in [3.8, 4) is 0 Å². The van der Waals surface area contributed by atoms with Crippen LogP contribution >= 0.6 is 0 Å². The maximum absolute atomic E-state index is 13.1. The lowest BCUT2D eigenvalue weighted by Gasteiger charge is -2.18. The van der Waals surface area contributed by atoms with Gasteiger partial charge in [0.25, 0.3) is 17.4 Å². The molecule has 1 atom stereocenters. The van der Waals surface area contributed by atoms with Crippen molar-refractivity contribution in [2.75, 3.05) is 0 Å². The van der Waals surface area contributed by atoms with Gasteiger partial charge in [-0.05, 0) is 30.7 Å². The van der Waals surface area contributed by atoms with Crippen LogP contribution in [0.15, 0.2) is 88.8 Å². The fraction of sp³-hybridized carbons (Fsp3) is 0.0800. The third-order valence-electron chi connectivity index (χ3n) is 5.00. The van der Waals surface area contributed by atoms with E-state index >= 15 is 0 Å². The van der Waals surface area contributed by atoms with Crippen LogP contribution in [-0.2, 0) is 4.79 Å². The van der Waals surface area contributed by atoms with Crippen molar-refractivity contribution in [1.29, 1.82) is 0 Å². The van der Waals surface area contributed by atoms with E-state index in [2.05, 4.69) is 26.0 Å². The monoisotopic (exact) mass is 439 g/mol. The Morgan fingerprint density at radius 3 is 2.45 bits per heavy atom. The maximum Gasteiger partial charge on any atom is 0.272 e. The van der Waals surface area contributed by atoms with Gasteiger partial charge >= 0.3 is 0 Å². The summed E-state index contributed by atoms with van der Waals surface area (Å²) in [4.78, 5) is 38.2. The lowest BCUT2D eigenvalue weighted by Crippen LogP contribution is -2.40. The lowest BCUT2D eigenvalue weighted by atomic mass is 10.0. The molecule has 4 rings (SSSR count). The minimum absolute atomic E-state index is 0.206. The lowest BCUT2D eigenvalue weighted by molar-refractivity contribution is -0.123. The Hall–Kier alpha value is -4.59. The fourth-order valence-electron chi connectivity index (χ4n) is 3.40. The van der Waals surface area contributed by atoms with Crippen molar-refractivity contribution >= 4 is 28.8 Å². The van der Waals surface area contributed by atoms with Gasteiger partial charge < -0.3 is 5.32 Å². The van der Waals surface area contributed by atoms with Gasteiger partial charge in [-0.1, -0.05) is 66.2 Å². The van der Waals surface area contributed by atoms with Gasteiger partial charge in [0.1, 0.15) is 5.69 Å². The Morgan fingerprint density at radius 2 is 1.70 bits per heavy atom. The molecule has 0 spiro atoms. The Morgan fingerprint density at radius 1 is 0.970 bits per heavy atom. The molecule has 1 heterocycles. The van der Waals surface area contributed by atoms with Crippen LogP contribution < -0.4 is 16.3 Å². The number of rotatable bonds is 6. The highest BCUT2D eigenvalue weighted by Gasteiger charge is 2.27. The minimum atomic E-state index is -1.20. The van der Waals surface area contributed by atoms with Crippen LogP contribution in [0.1, 0.15) is 33.2 Å². The number of hydrogen-bond acceptors (Lipinski definition) is 5. The Labute approximate surface area is 189 Å². The molecular weight excluding hydrogens is 418 g/mol. The number of benzene rings is 3. The van der Waals surface area contributed by atoms with E-state index in [1.807, 2.05) is 31.2 Å². The molecule has 1 unspecified atom stereocenters. The smallest absolute Gasteiger partial charge is 0.272 e. The number of carbonyl (C=O) groups excluding carboxylic acids is 2. The molecule has 2 amide bonds. The number of nitrogens with zero attached hydrogens (tertiary/aromatic N) is 2. The van der Waals surface area contributed by atoms with E-state index < -0.39 is 17.9 Å². The van der Waals surface area contributed by atoms with Crippen LogP contribution in [0, 0.1) is 6.92 Å². The third-order valence-corrected chi connectivity index (χ3v) is 5.00. The first-order chi connectivity index (χ1) is 16.0. The van der Waals surface area contributed by atoms with E-state index in [9.17, 15) is 14.4 Å². The van der Waals surface area contributed by atoms with E-state index in [0.29, 0.717) is 16.3 Å². The zero-order valence-corrected chi connectivity index (χ0v) is 17.8. The van der Waals surface area contributed by atoms with Crippen molar-refractivity contribution < 1.29 is 9.59 Å². The first-order valence-electron chi connectivity index (χ1n) is 10.3. The number of nitrogens with one attached hydrogen (secondary N) is 3. The van der Waals surface area contributed by atoms with Crippen LogP contribution in [-0.4, -0.2) is 28.2 Å². The van der Waals surface area contributed by atoms with Crippen molar-refractivity contribution in [2.24, 2.45) is 5.10 Å². The Balaban J connectivity index is 1.67. The largest absolute Gasteiger partial charge is 0.335 e. The number of aromatic amines is 1. The summed E-state index contributed by atoms with van der Waals surface area (Å²) in [5.41, 5.74) is 4.54. The topological polar surface area (TPSA) is 116 Å². The van der Waals surface area contributed by atoms with E-state index in [1.54, 1.807) is 54.6 Å². The van der Waals surface area contributed by atoms with Gasteiger partial charge in [0.05, 0.1) is 11.6 Å². The molecule has 0 saturated heterocycles. The molecular formula is C25H21N5O3. The zero-order chi connectivity index (χ0) is 23.2. The second-order valence-corrected chi connectivity index (χ2v) is 7.40. The van der Waals surface area contributed by atoms with Gasteiger partial charge in [-0.25, -0.2) is 10.5 Å². The summed E-state index contributed by atoms with van der Waals surface area (Å²) < 4.78 is 0. The highest BCUT2D eigenvalue weighted by atomic mass is 16.2.